The van der Waals surface area contributed by atoms with Gasteiger partial charge >= 0.3 is 0 Å². The fraction of sp³-hybridized carbons (Fsp3) is 0.200. The molecule has 88 valence electrons. The third kappa shape index (κ3) is 3.34. The summed E-state index contributed by atoms with van der Waals surface area (Å²) < 4.78 is 0. The molecular weight excluding hydrogens is 296 g/mol. The minimum atomic E-state index is 0.262. The summed E-state index contributed by atoms with van der Waals surface area (Å²) in [6, 6.07) is 16.5. The van der Waals surface area contributed by atoms with E-state index in [9.17, 15) is 0 Å². The third-order valence-corrected chi connectivity index (χ3v) is 3.90. The van der Waals surface area contributed by atoms with Crippen molar-refractivity contribution in [2.24, 2.45) is 0 Å². The van der Waals surface area contributed by atoms with E-state index < -0.39 is 0 Å². The minimum absolute atomic E-state index is 0.262. The van der Waals surface area contributed by atoms with Crippen molar-refractivity contribution in [2.45, 2.75) is 18.2 Å². The summed E-state index contributed by atoms with van der Waals surface area (Å²) in [6.07, 6.45) is 0.950. The van der Waals surface area contributed by atoms with Crippen LogP contribution in [0, 0.1) is 6.92 Å². The highest BCUT2D eigenvalue weighted by Gasteiger charge is 2.11. The number of alkyl halides is 1. The Bertz CT molecular complexity index is 508. The molecule has 1 unspecified atom stereocenters. The molecule has 0 spiro atoms. The van der Waals surface area contributed by atoms with Crippen molar-refractivity contribution in [3.8, 4) is 0 Å². The summed E-state index contributed by atoms with van der Waals surface area (Å²) in [5, 5.41) is 0.821. The van der Waals surface area contributed by atoms with Gasteiger partial charge in [-0.15, -0.1) is 0 Å². The first kappa shape index (κ1) is 12.7. The summed E-state index contributed by atoms with van der Waals surface area (Å²) in [5.74, 6) is 0. The molecule has 0 aliphatic rings. The Morgan fingerprint density at radius 1 is 1.12 bits per heavy atom. The zero-order chi connectivity index (χ0) is 12.3. The first-order chi connectivity index (χ1) is 8.16. The summed E-state index contributed by atoms with van der Waals surface area (Å²) in [7, 11) is 0. The lowest BCUT2D eigenvalue weighted by molar-refractivity contribution is 0.947. The second-order valence-corrected chi connectivity index (χ2v) is 5.69. The average molecular weight is 310 g/mol. The molecule has 0 saturated heterocycles. The SMILES string of the molecule is Cc1cccc(CC(Br)c2ccccc2Cl)c1. The largest absolute Gasteiger partial charge is 0.0840 e. The van der Waals surface area contributed by atoms with Crippen molar-refractivity contribution < 1.29 is 0 Å². The Hall–Kier alpha value is -0.790. The van der Waals surface area contributed by atoms with Crippen LogP contribution in [0.5, 0.6) is 0 Å². The predicted molar refractivity (Wildman–Crippen MR) is 78.0 cm³/mol. The summed E-state index contributed by atoms with van der Waals surface area (Å²) >= 11 is 9.90. The van der Waals surface area contributed by atoms with Crippen molar-refractivity contribution in [3.05, 3.63) is 70.2 Å². The highest BCUT2D eigenvalue weighted by Crippen LogP contribution is 2.32. The first-order valence-corrected chi connectivity index (χ1v) is 6.90. The van der Waals surface area contributed by atoms with Crippen LogP contribution < -0.4 is 0 Å². The van der Waals surface area contributed by atoms with Gasteiger partial charge in [0.1, 0.15) is 0 Å². The van der Waals surface area contributed by atoms with E-state index in [2.05, 4.69) is 53.2 Å². The Labute approximate surface area is 116 Å². The van der Waals surface area contributed by atoms with Gasteiger partial charge in [0.15, 0.2) is 0 Å². The van der Waals surface area contributed by atoms with Crippen LogP contribution in [0.15, 0.2) is 48.5 Å². The van der Waals surface area contributed by atoms with Crippen LogP contribution in [0.1, 0.15) is 21.5 Å². The Balaban J connectivity index is 2.17. The molecule has 0 heterocycles. The number of aryl methyl sites for hydroxylation is 1. The van der Waals surface area contributed by atoms with Gasteiger partial charge in [-0.05, 0) is 30.5 Å². The molecular formula is C15H14BrCl. The normalized spacial score (nSPS) is 12.4. The molecule has 17 heavy (non-hydrogen) atoms. The fourth-order valence-electron chi connectivity index (χ4n) is 1.89. The molecule has 2 rings (SSSR count). The molecule has 0 aliphatic heterocycles. The van der Waals surface area contributed by atoms with Crippen LogP contribution in [-0.4, -0.2) is 0 Å². The number of halogens is 2. The van der Waals surface area contributed by atoms with E-state index in [0.717, 1.165) is 17.0 Å². The summed E-state index contributed by atoms with van der Waals surface area (Å²) in [6.45, 7) is 2.11. The van der Waals surface area contributed by atoms with E-state index in [0.29, 0.717) is 0 Å². The molecule has 0 fully saturated rings. The molecule has 0 bridgehead atoms. The van der Waals surface area contributed by atoms with Gasteiger partial charge in [0.2, 0.25) is 0 Å². The van der Waals surface area contributed by atoms with Crippen molar-refractivity contribution >= 4 is 27.5 Å². The van der Waals surface area contributed by atoms with Crippen LogP contribution in [0.25, 0.3) is 0 Å². The highest BCUT2D eigenvalue weighted by atomic mass is 79.9. The average Bonchev–Trinajstić information content (AvgIpc) is 2.29. The van der Waals surface area contributed by atoms with E-state index in [-0.39, 0.29) is 4.83 Å². The number of hydrogen-bond acceptors (Lipinski definition) is 0. The topological polar surface area (TPSA) is 0 Å². The van der Waals surface area contributed by atoms with Gasteiger partial charge in [0.05, 0.1) is 0 Å². The van der Waals surface area contributed by atoms with Gasteiger partial charge in [0, 0.05) is 9.85 Å². The number of rotatable bonds is 3. The smallest absolute Gasteiger partial charge is 0.0450 e. The van der Waals surface area contributed by atoms with Gasteiger partial charge < -0.3 is 0 Å². The van der Waals surface area contributed by atoms with E-state index in [1.807, 2.05) is 18.2 Å². The molecule has 0 nitrogen and oxygen atoms in total. The van der Waals surface area contributed by atoms with E-state index >= 15 is 0 Å². The molecule has 2 heteroatoms. The summed E-state index contributed by atoms with van der Waals surface area (Å²) in [5.41, 5.74) is 3.77. The minimum Gasteiger partial charge on any atom is -0.0840 e. The monoisotopic (exact) mass is 308 g/mol. The van der Waals surface area contributed by atoms with Crippen LogP contribution in [-0.2, 0) is 6.42 Å². The first-order valence-electron chi connectivity index (χ1n) is 5.61. The van der Waals surface area contributed by atoms with Crippen LogP contribution in [0.3, 0.4) is 0 Å². The Morgan fingerprint density at radius 2 is 1.88 bits per heavy atom. The number of benzene rings is 2. The maximum atomic E-state index is 6.19. The molecule has 2 aromatic rings. The standard InChI is InChI=1S/C15H14BrCl/c1-11-5-4-6-12(9-11)10-14(16)13-7-2-3-8-15(13)17/h2-9,14H,10H2,1H3. The van der Waals surface area contributed by atoms with Gasteiger partial charge in [-0.3, -0.25) is 0 Å². The fourth-order valence-corrected chi connectivity index (χ4v) is 3.06. The zero-order valence-electron chi connectivity index (χ0n) is 9.66. The second-order valence-electron chi connectivity index (χ2n) is 4.18. The summed E-state index contributed by atoms with van der Waals surface area (Å²) in [4.78, 5) is 0.262. The molecule has 0 saturated carbocycles. The molecule has 0 aromatic heterocycles. The highest BCUT2D eigenvalue weighted by molar-refractivity contribution is 9.09. The Morgan fingerprint density at radius 3 is 2.59 bits per heavy atom. The molecule has 0 aliphatic carbocycles. The van der Waals surface area contributed by atoms with Crippen molar-refractivity contribution in [3.63, 3.8) is 0 Å². The lowest BCUT2D eigenvalue weighted by Gasteiger charge is -2.12. The van der Waals surface area contributed by atoms with Gasteiger partial charge in [-0.1, -0.05) is 75.6 Å². The maximum absolute atomic E-state index is 6.19. The maximum Gasteiger partial charge on any atom is 0.0450 e. The molecule has 0 N–H and O–H groups in total. The Kier molecular flexibility index (Phi) is 4.25. The third-order valence-electron chi connectivity index (χ3n) is 2.74. The molecule has 2 aromatic carbocycles. The van der Waals surface area contributed by atoms with Crippen molar-refractivity contribution in [1.82, 2.24) is 0 Å². The van der Waals surface area contributed by atoms with Crippen molar-refractivity contribution in [1.29, 1.82) is 0 Å². The van der Waals surface area contributed by atoms with E-state index in [1.54, 1.807) is 0 Å². The lowest BCUT2D eigenvalue weighted by atomic mass is 10.0. The lowest BCUT2D eigenvalue weighted by Crippen LogP contribution is -1.96. The second kappa shape index (κ2) is 5.70. The predicted octanol–water partition coefficient (Wildman–Crippen LogP) is 5.33. The molecule has 0 amide bonds. The zero-order valence-corrected chi connectivity index (χ0v) is 12.0. The molecule has 1 atom stereocenters. The van der Waals surface area contributed by atoms with Gasteiger partial charge in [-0.2, -0.15) is 0 Å². The van der Waals surface area contributed by atoms with Crippen LogP contribution in [0.4, 0.5) is 0 Å². The van der Waals surface area contributed by atoms with Gasteiger partial charge in [0.25, 0.3) is 0 Å². The van der Waals surface area contributed by atoms with E-state index in [4.69, 9.17) is 11.6 Å². The van der Waals surface area contributed by atoms with E-state index in [1.165, 1.54) is 11.1 Å². The quantitative estimate of drug-likeness (QED) is 0.672. The van der Waals surface area contributed by atoms with Crippen LogP contribution in [0.2, 0.25) is 5.02 Å². The van der Waals surface area contributed by atoms with Crippen LogP contribution >= 0.6 is 27.5 Å². The van der Waals surface area contributed by atoms with Crippen molar-refractivity contribution in [2.75, 3.05) is 0 Å². The molecule has 0 radical (unpaired) electrons. The number of hydrogen-bond donors (Lipinski definition) is 0. The van der Waals surface area contributed by atoms with Gasteiger partial charge in [-0.25, -0.2) is 0 Å².